The average Bonchev–Trinajstić information content (AvgIpc) is 2.25. The van der Waals surface area contributed by atoms with E-state index in [2.05, 4.69) is 10.5 Å². The minimum absolute atomic E-state index is 0.340. The molecule has 0 spiro atoms. The van der Waals surface area contributed by atoms with Crippen LogP contribution in [-0.2, 0) is 0 Å². The normalized spacial score (nSPS) is 14.2. The van der Waals surface area contributed by atoms with Crippen molar-refractivity contribution in [1.82, 2.24) is 0 Å². The summed E-state index contributed by atoms with van der Waals surface area (Å²) in [5.74, 6) is -0.340. The van der Waals surface area contributed by atoms with Crippen molar-refractivity contribution in [3.8, 4) is 0 Å². The third-order valence-electron chi connectivity index (χ3n) is 1.63. The Kier molecular flexibility index (Phi) is 1.63. The summed E-state index contributed by atoms with van der Waals surface area (Å²) in [6.07, 6.45) is 2.60. The molecule has 2 nitrogen and oxygen atoms in total. The summed E-state index contributed by atoms with van der Waals surface area (Å²) < 4.78 is 12.8. The zero-order valence-electron chi connectivity index (χ0n) is 6.29. The quantitative estimate of drug-likeness (QED) is 0.622. The summed E-state index contributed by atoms with van der Waals surface area (Å²) >= 11 is 0. The smallest absolute Gasteiger partial charge is 0.143 e. The molecule has 0 aliphatic carbocycles. The summed E-state index contributed by atoms with van der Waals surface area (Å²) in [6, 6.07) is 7.41. The number of fused-ring (bicyclic) bond motifs is 1. The van der Waals surface area contributed by atoms with Gasteiger partial charge >= 0.3 is 0 Å². The van der Waals surface area contributed by atoms with Crippen molar-refractivity contribution in [2.45, 2.75) is 0 Å². The number of hydrogen-bond donors (Lipinski definition) is 1. The van der Waals surface area contributed by atoms with Crippen LogP contribution in [0.25, 0.3) is 6.08 Å². The van der Waals surface area contributed by atoms with Gasteiger partial charge in [-0.3, -0.25) is 5.43 Å². The van der Waals surface area contributed by atoms with Crippen molar-refractivity contribution in [3.63, 3.8) is 0 Å². The molecule has 0 saturated carbocycles. The first kappa shape index (κ1) is 7.03. The van der Waals surface area contributed by atoms with E-state index in [0.29, 0.717) is 0 Å². The Morgan fingerprint density at radius 3 is 3.00 bits per heavy atom. The van der Waals surface area contributed by atoms with Gasteiger partial charge in [-0.05, 0) is 12.1 Å². The van der Waals surface area contributed by atoms with E-state index < -0.39 is 0 Å². The van der Waals surface area contributed by atoms with E-state index in [-0.39, 0.29) is 5.83 Å². The highest BCUT2D eigenvalue weighted by Crippen LogP contribution is 2.20. The van der Waals surface area contributed by atoms with Crippen LogP contribution in [-0.4, -0.2) is 6.21 Å². The van der Waals surface area contributed by atoms with Crippen LogP contribution in [0.4, 0.5) is 10.1 Å². The zero-order valence-corrected chi connectivity index (χ0v) is 6.29. The first-order chi connectivity index (χ1) is 5.86. The molecule has 2 rings (SSSR count). The standard InChI is InChI=1S/C9H7FN2/c10-8-5-7-3-1-2-4-9(7)12-11-6-8/h1-6,12H. The predicted octanol–water partition coefficient (Wildman–Crippen LogP) is 2.41. The molecule has 0 unspecified atom stereocenters. The minimum Gasteiger partial charge on any atom is -0.278 e. The number of allylic oxidation sites excluding steroid dienone is 1. The molecule has 1 heterocycles. The second-order valence-electron chi connectivity index (χ2n) is 2.49. The molecule has 3 heteroatoms. The average molecular weight is 162 g/mol. The lowest BCUT2D eigenvalue weighted by Crippen LogP contribution is -1.88. The highest BCUT2D eigenvalue weighted by molar-refractivity contribution is 5.87. The minimum atomic E-state index is -0.340. The highest BCUT2D eigenvalue weighted by atomic mass is 19.1. The predicted molar refractivity (Wildman–Crippen MR) is 47.6 cm³/mol. The van der Waals surface area contributed by atoms with Gasteiger partial charge in [0.1, 0.15) is 5.83 Å². The fourth-order valence-electron chi connectivity index (χ4n) is 1.07. The van der Waals surface area contributed by atoms with Crippen molar-refractivity contribution < 1.29 is 4.39 Å². The van der Waals surface area contributed by atoms with E-state index in [9.17, 15) is 4.39 Å². The van der Waals surface area contributed by atoms with Crippen LogP contribution in [0.3, 0.4) is 0 Å². The van der Waals surface area contributed by atoms with E-state index in [1.165, 1.54) is 6.08 Å². The number of benzene rings is 1. The molecule has 0 aromatic heterocycles. The summed E-state index contributed by atoms with van der Waals surface area (Å²) in [4.78, 5) is 0. The molecule has 60 valence electrons. The van der Waals surface area contributed by atoms with E-state index in [4.69, 9.17) is 0 Å². The SMILES string of the molecule is FC1=Cc2ccccc2NN=C1. The zero-order chi connectivity index (χ0) is 8.39. The Balaban J connectivity index is 2.54. The molecule has 1 aromatic carbocycles. The van der Waals surface area contributed by atoms with Crippen LogP contribution in [0.15, 0.2) is 35.2 Å². The van der Waals surface area contributed by atoms with E-state index in [0.717, 1.165) is 17.5 Å². The molecule has 1 aliphatic rings. The Morgan fingerprint density at radius 1 is 1.25 bits per heavy atom. The van der Waals surface area contributed by atoms with Gasteiger partial charge in [0, 0.05) is 5.56 Å². The fourth-order valence-corrected chi connectivity index (χ4v) is 1.07. The summed E-state index contributed by atoms with van der Waals surface area (Å²) in [7, 11) is 0. The van der Waals surface area contributed by atoms with Crippen molar-refractivity contribution in [2.24, 2.45) is 5.10 Å². The Morgan fingerprint density at radius 2 is 2.08 bits per heavy atom. The first-order valence-corrected chi connectivity index (χ1v) is 3.61. The summed E-state index contributed by atoms with van der Waals surface area (Å²) in [5.41, 5.74) is 4.37. The molecule has 1 aromatic rings. The molecule has 1 N–H and O–H groups in total. The third-order valence-corrected chi connectivity index (χ3v) is 1.63. The van der Waals surface area contributed by atoms with E-state index in [1.54, 1.807) is 0 Å². The van der Waals surface area contributed by atoms with Crippen LogP contribution < -0.4 is 5.43 Å². The second kappa shape index (κ2) is 2.77. The molecule has 0 fully saturated rings. The lowest BCUT2D eigenvalue weighted by Gasteiger charge is -2.00. The highest BCUT2D eigenvalue weighted by Gasteiger charge is 2.01. The Hall–Kier alpha value is -1.64. The number of para-hydroxylation sites is 1. The van der Waals surface area contributed by atoms with Gasteiger partial charge in [-0.25, -0.2) is 4.39 Å². The van der Waals surface area contributed by atoms with Crippen LogP contribution in [0.1, 0.15) is 5.56 Å². The van der Waals surface area contributed by atoms with Crippen molar-refractivity contribution in [3.05, 3.63) is 35.7 Å². The molecular weight excluding hydrogens is 155 g/mol. The number of hydrogen-bond acceptors (Lipinski definition) is 2. The van der Waals surface area contributed by atoms with Crippen molar-refractivity contribution in [1.29, 1.82) is 0 Å². The molecule has 0 bridgehead atoms. The maximum Gasteiger partial charge on any atom is 0.143 e. The maximum absolute atomic E-state index is 12.8. The molecular formula is C9H7FN2. The van der Waals surface area contributed by atoms with Crippen molar-refractivity contribution >= 4 is 18.0 Å². The second-order valence-corrected chi connectivity index (χ2v) is 2.49. The van der Waals surface area contributed by atoms with Gasteiger partial charge < -0.3 is 0 Å². The lowest BCUT2D eigenvalue weighted by atomic mass is 10.2. The van der Waals surface area contributed by atoms with Gasteiger partial charge in [0.2, 0.25) is 0 Å². The Bertz CT molecular complexity index is 355. The van der Waals surface area contributed by atoms with Gasteiger partial charge in [-0.2, -0.15) is 5.10 Å². The van der Waals surface area contributed by atoms with E-state index >= 15 is 0 Å². The Labute approximate surface area is 69.4 Å². The van der Waals surface area contributed by atoms with Crippen LogP contribution in [0, 0.1) is 0 Å². The topological polar surface area (TPSA) is 24.4 Å². The maximum atomic E-state index is 12.8. The van der Waals surface area contributed by atoms with Gasteiger partial charge in [-0.1, -0.05) is 18.2 Å². The molecule has 0 atom stereocenters. The van der Waals surface area contributed by atoms with Gasteiger partial charge in [-0.15, -0.1) is 0 Å². The number of hydrazone groups is 1. The number of nitrogens with zero attached hydrogens (tertiary/aromatic N) is 1. The van der Waals surface area contributed by atoms with Crippen LogP contribution in [0.5, 0.6) is 0 Å². The molecule has 12 heavy (non-hydrogen) atoms. The number of nitrogens with one attached hydrogen (secondary N) is 1. The van der Waals surface area contributed by atoms with Gasteiger partial charge in [0.15, 0.2) is 0 Å². The van der Waals surface area contributed by atoms with Crippen LogP contribution >= 0.6 is 0 Å². The molecule has 0 amide bonds. The van der Waals surface area contributed by atoms with Crippen LogP contribution in [0.2, 0.25) is 0 Å². The lowest BCUT2D eigenvalue weighted by molar-refractivity contribution is 0.693. The molecule has 0 saturated heterocycles. The number of anilines is 1. The molecule has 1 aliphatic heterocycles. The summed E-state index contributed by atoms with van der Waals surface area (Å²) in [6.45, 7) is 0. The molecule has 0 radical (unpaired) electrons. The largest absolute Gasteiger partial charge is 0.278 e. The first-order valence-electron chi connectivity index (χ1n) is 3.61. The number of halogens is 1. The fraction of sp³-hybridized carbons (Fsp3) is 0. The summed E-state index contributed by atoms with van der Waals surface area (Å²) in [5, 5.41) is 3.67. The van der Waals surface area contributed by atoms with E-state index in [1.807, 2.05) is 24.3 Å². The monoisotopic (exact) mass is 162 g/mol. The van der Waals surface area contributed by atoms with Crippen molar-refractivity contribution in [2.75, 3.05) is 5.43 Å². The van der Waals surface area contributed by atoms with Gasteiger partial charge in [0.25, 0.3) is 0 Å². The third kappa shape index (κ3) is 1.21. The van der Waals surface area contributed by atoms with Gasteiger partial charge in [0.05, 0.1) is 11.9 Å². The number of rotatable bonds is 0.